The van der Waals surface area contributed by atoms with Crippen molar-refractivity contribution in [3.63, 3.8) is 0 Å². The third kappa shape index (κ3) is 2.26. The first-order valence-electron chi connectivity index (χ1n) is 6.11. The summed E-state index contributed by atoms with van der Waals surface area (Å²) in [5.41, 5.74) is 0.784. The van der Waals surface area contributed by atoms with E-state index >= 15 is 0 Å². The highest BCUT2D eigenvalue weighted by Crippen LogP contribution is 2.22. The summed E-state index contributed by atoms with van der Waals surface area (Å²) >= 11 is 0. The monoisotopic (exact) mass is 259 g/mol. The molecule has 0 bridgehead atoms. The summed E-state index contributed by atoms with van der Waals surface area (Å²) < 4.78 is 1.84. The second-order valence-corrected chi connectivity index (χ2v) is 5.74. The predicted molar refractivity (Wildman–Crippen MR) is 74.9 cm³/mol. The fourth-order valence-electron chi connectivity index (χ4n) is 2.15. The lowest BCUT2D eigenvalue weighted by molar-refractivity contribution is 0.0694. The average Bonchev–Trinajstić information content (AvgIpc) is 2.28. The molecule has 0 saturated carbocycles. The van der Waals surface area contributed by atoms with E-state index in [1.165, 1.54) is 6.20 Å². The number of nitrogens with zero attached hydrogens (tertiary/aromatic N) is 1. The molecule has 2 aromatic rings. The van der Waals surface area contributed by atoms with E-state index in [2.05, 4.69) is 0 Å². The van der Waals surface area contributed by atoms with Crippen molar-refractivity contribution < 1.29 is 9.90 Å². The van der Waals surface area contributed by atoms with Crippen LogP contribution < -0.4 is 5.43 Å². The summed E-state index contributed by atoms with van der Waals surface area (Å²) in [6.45, 7) is 7.81. The number of pyridine rings is 1. The smallest absolute Gasteiger partial charge is 0.341 e. The van der Waals surface area contributed by atoms with Gasteiger partial charge in [-0.25, -0.2) is 4.79 Å². The van der Waals surface area contributed by atoms with Gasteiger partial charge in [-0.2, -0.15) is 0 Å². The Morgan fingerprint density at radius 3 is 2.42 bits per heavy atom. The zero-order valence-corrected chi connectivity index (χ0v) is 11.5. The number of hydrogen-bond acceptors (Lipinski definition) is 2. The second-order valence-electron chi connectivity index (χ2n) is 5.74. The van der Waals surface area contributed by atoms with E-state index < -0.39 is 11.4 Å². The van der Waals surface area contributed by atoms with Crippen LogP contribution in [-0.4, -0.2) is 15.6 Å². The molecule has 1 aromatic carbocycles. The molecular weight excluding hydrogens is 242 g/mol. The van der Waals surface area contributed by atoms with Gasteiger partial charge in [0.2, 0.25) is 5.43 Å². The zero-order chi connectivity index (χ0) is 14.4. The van der Waals surface area contributed by atoms with Crippen LogP contribution in [-0.2, 0) is 5.54 Å². The fourth-order valence-corrected chi connectivity index (χ4v) is 2.15. The summed E-state index contributed by atoms with van der Waals surface area (Å²) in [7, 11) is 0. The number of aromatic nitrogens is 1. The molecule has 4 heteroatoms. The van der Waals surface area contributed by atoms with E-state index in [9.17, 15) is 14.7 Å². The molecule has 2 rings (SSSR count). The molecule has 1 heterocycles. The lowest BCUT2D eigenvalue weighted by Crippen LogP contribution is -2.27. The highest BCUT2D eigenvalue weighted by molar-refractivity contribution is 5.92. The van der Waals surface area contributed by atoms with Gasteiger partial charge in [-0.05, 0) is 39.8 Å². The molecule has 0 aliphatic heterocycles. The summed E-state index contributed by atoms with van der Waals surface area (Å²) in [6.07, 6.45) is 1.43. The molecule has 0 radical (unpaired) electrons. The first-order chi connectivity index (χ1) is 8.71. The lowest BCUT2D eigenvalue weighted by atomic mass is 10.0. The number of fused-ring (bicyclic) bond motifs is 1. The van der Waals surface area contributed by atoms with Crippen molar-refractivity contribution in [2.45, 2.75) is 33.2 Å². The van der Waals surface area contributed by atoms with Gasteiger partial charge in [0.15, 0.2) is 0 Å². The van der Waals surface area contributed by atoms with E-state index in [-0.39, 0.29) is 11.1 Å². The van der Waals surface area contributed by atoms with Crippen molar-refractivity contribution in [1.29, 1.82) is 0 Å². The standard InChI is InChI=1S/C15H17NO3/c1-9-5-6-12-10(7-9)13(17)11(14(18)19)8-16(12)15(2,3)4/h5-8H,1-4H3,(H,18,19). The Hall–Kier alpha value is -2.10. The Morgan fingerprint density at radius 1 is 1.26 bits per heavy atom. The average molecular weight is 259 g/mol. The minimum atomic E-state index is -1.19. The van der Waals surface area contributed by atoms with Gasteiger partial charge in [0.05, 0.1) is 5.52 Å². The molecule has 0 spiro atoms. The second kappa shape index (κ2) is 4.23. The Morgan fingerprint density at radius 2 is 1.89 bits per heavy atom. The number of carboxylic acid groups (broad SMARTS) is 1. The van der Waals surface area contributed by atoms with Crippen LogP contribution in [0.1, 0.15) is 36.7 Å². The Labute approximate surface area is 111 Å². The number of carbonyl (C=O) groups is 1. The number of carboxylic acids is 1. The van der Waals surface area contributed by atoms with E-state index in [1.54, 1.807) is 6.07 Å². The molecule has 0 fully saturated rings. The number of benzene rings is 1. The largest absolute Gasteiger partial charge is 0.477 e. The highest BCUT2D eigenvalue weighted by atomic mass is 16.4. The molecular formula is C15H17NO3. The van der Waals surface area contributed by atoms with Gasteiger partial charge in [-0.3, -0.25) is 4.79 Å². The van der Waals surface area contributed by atoms with Gasteiger partial charge in [0, 0.05) is 17.1 Å². The zero-order valence-electron chi connectivity index (χ0n) is 11.5. The van der Waals surface area contributed by atoms with Crippen molar-refractivity contribution in [3.8, 4) is 0 Å². The summed E-state index contributed by atoms with van der Waals surface area (Å²) in [4.78, 5) is 23.4. The van der Waals surface area contributed by atoms with Crippen LogP contribution in [0.4, 0.5) is 0 Å². The molecule has 0 unspecified atom stereocenters. The quantitative estimate of drug-likeness (QED) is 0.856. The highest BCUT2D eigenvalue weighted by Gasteiger charge is 2.20. The Bertz CT molecular complexity index is 720. The molecule has 0 aliphatic rings. The molecule has 1 aromatic heterocycles. The molecule has 1 N–H and O–H groups in total. The van der Waals surface area contributed by atoms with Gasteiger partial charge in [-0.1, -0.05) is 11.6 Å². The Kier molecular flexibility index (Phi) is 2.97. The summed E-state index contributed by atoms with van der Waals surface area (Å²) in [6, 6.07) is 5.53. The lowest BCUT2D eigenvalue weighted by Gasteiger charge is -2.26. The van der Waals surface area contributed by atoms with Crippen LogP contribution in [0.3, 0.4) is 0 Å². The maximum absolute atomic E-state index is 12.2. The topological polar surface area (TPSA) is 59.3 Å². The molecule has 100 valence electrons. The van der Waals surface area contributed by atoms with Crippen LogP contribution >= 0.6 is 0 Å². The van der Waals surface area contributed by atoms with Gasteiger partial charge < -0.3 is 9.67 Å². The Balaban J connectivity index is 3.01. The van der Waals surface area contributed by atoms with Crippen LogP contribution in [0.25, 0.3) is 10.9 Å². The van der Waals surface area contributed by atoms with Crippen molar-refractivity contribution >= 4 is 16.9 Å². The molecule has 0 amide bonds. The number of rotatable bonds is 1. The fraction of sp³-hybridized carbons (Fsp3) is 0.333. The number of hydrogen-bond donors (Lipinski definition) is 1. The van der Waals surface area contributed by atoms with Gasteiger partial charge in [0.1, 0.15) is 5.56 Å². The summed E-state index contributed by atoms with van der Waals surface area (Å²) in [5, 5.41) is 9.62. The SMILES string of the molecule is Cc1ccc2c(c1)c(=O)c(C(=O)O)cn2C(C)(C)C. The van der Waals surface area contributed by atoms with Crippen LogP contribution in [0.15, 0.2) is 29.2 Å². The predicted octanol–water partition coefficient (Wildman–Crippen LogP) is 2.76. The minimum Gasteiger partial charge on any atom is -0.477 e. The molecule has 4 nitrogen and oxygen atoms in total. The van der Waals surface area contributed by atoms with Crippen molar-refractivity contribution in [2.75, 3.05) is 0 Å². The van der Waals surface area contributed by atoms with Crippen LogP contribution in [0, 0.1) is 6.92 Å². The van der Waals surface area contributed by atoms with Gasteiger partial charge in [0.25, 0.3) is 0 Å². The van der Waals surface area contributed by atoms with Gasteiger partial charge >= 0.3 is 5.97 Å². The van der Waals surface area contributed by atoms with Crippen LogP contribution in [0.5, 0.6) is 0 Å². The van der Waals surface area contributed by atoms with Gasteiger partial charge in [-0.15, -0.1) is 0 Å². The maximum atomic E-state index is 12.2. The van der Waals surface area contributed by atoms with E-state index in [0.717, 1.165) is 11.1 Å². The molecule has 0 aliphatic carbocycles. The third-order valence-corrected chi connectivity index (χ3v) is 3.11. The first-order valence-corrected chi connectivity index (χ1v) is 6.11. The van der Waals surface area contributed by atoms with Crippen LogP contribution in [0.2, 0.25) is 0 Å². The summed E-state index contributed by atoms with van der Waals surface area (Å²) in [5.74, 6) is -1.19. The van der Waals surface area contributed by atoms with E-state index in [1.807, 2.05) is 44.4 Å². The number of aromatic carboxylic acids is 1. The van der Waals surface area contributed by atoms with E-state index in [0.29, 0.717) is 5.39 Å². The minimum absolute atomic E-state index is 0.187. The molecule has 19 heavy (non-hydrogen) atoms. The molecule has 0 saturated heterocycles. The molecule has 0 atom stereocenters. The third-order valence-electron chi connectivity index (χ3n) is 3.11. The van der Waals surface area contributed by atoms with E-state index in [4.69, 9.17) is 0 Å². The normalized spacial score (nSPS) is 11.8. The van der Waals surface area contributed by atoms with Crippen molar-refractivity contribution in [1.82, 2.24) is 4.57 Å². The van der Waals surface area contributed by atoms with Crippen molar-refractivity contribution in [3.05, 3.63) is 45.7 Å². The number of aryl methyl sites for hydroxylation is 1. The first kappa shape index (κ1) is 13.3. The van der Waals surface area contributed by atoms with Crippen molar-refractivity contribution in [2.24, 2.45) is 0 Å². The maximum Gasteiger partial charge on any atom is 0.341 e.